The van der Waals surface area contributed by atoms with Gasteiger partial charge in [-0.25, -0.2) is 4.98 Å². The lowest BCUT2D eigenvalue weighted by atomic mass is 10.1. The summed E-state index contributed by atoms with van der Waals surface area (Å²) in [7, 11) is 0. The molecule has 2 rings (SSSR count). The predicted octanol–water partition coefficient (Wildman–Crippen LogP) is 3.06. The first-order valence-corrected chi connectivity index (χ1v) is 8.22. The highest BCUT2D eigenvalue weighted by atomic mass is 32.1. The molecule has 21 heavy (non-hydrogen) atoms. The lowest BCUT2D eigenvalue weighted by Gasteiger charge is -2.14. The number of nitrogens with two attached hydrogens (primary N) is 1. The second-order valence-electron chi connectivity index (χ2n) is 5.23. The molecule has 0 saturated carbocycles. The topological polar surface area (TPSA) is 61.0 Å². The van der Waals surface area contributed by atoms with Crippen molar-refractivity contribution in [3.8, 4) is 5.75 Å². The van der Waals surface area contributed by atoms with Crippen LogP contribution < -0.4 is 10.5 Å². The minimum absolute atomic E-state index is 0.130. The van der Waals surface area contributed by atoms with Crippen LogP contribution in [-0.4, -0.2) is 22.6 Å². The minimum Gasteiger partial charge on any atom is -0.491 e. The molecule has 4 nitrogen and oxygen atoms in total. The van der Waals surface area contributed by atoms with Gasteiger partial charge in [-0.2, -0.15) is 0 Å². The van der Waals surface area contributed by atoms with Crippen LogP contribution in [0.3, 0.4) is 0 Å². The fraction of sp³-hybridized carbons (Fsp3) is 0.500. The van der Waals surface area contributed by atoms with Crippen molar-refractivity contribution in [2.24, 2.45) is 5.73 Å². The Balaban J connectivity index is 2.00. The maximum atomic E-state index is 6.05. The molecule has 0 aliphatic heterocycles. The molecule has 2 aromatic rings. The quantitative estimate of drug-likeness (QED) is 0.854. The fourth-order valence-electron chi connectivity index (χ4n) is 2.09. The monoisotopic (exact) mass is 305 g/mol. The molecule has 1 unspecified atom stereocenters. The largest absolute Gasteiger partial charge is 0.491 e. The molecular formula is C16H23N3OS. The van der Waals surface area contributed by atoms with E-state index in [0.29, 0.717) is 6.61 Å². The van der Waals surface area contributed by atoms with E-state index in [1.165, 1.54) is 4.88 Å². The SMILES string of the molecule is CCC(N)Cc1nc(C)ccc1OCCc1scnc1C. The van der Waals surface area contributed by atoms with Crippen LogP contribution in [0.1, 0.15) is 35.3 Å². The summed E-state index contributed by atoms with van der Waals surface area (Å²) >= 11 is 1.68. The molecule has 5 heteroatoms. The predicted molar refractivity (Wildman–Crippen MR) is 87.0 cm³/mol. The van der Waals surface area contributed by atoms with Gasteiger partial charge >= 0.3 is 0 Å². The summed E-state index contributed by atoms with van der Waals surface area (Å²) in [6, 6.07) is 4.11. The van der Waals surface area contributed by atoms with Crippen LogP contribution in [0.4, 0.5) is 0 Å². The third-order valence-electron chi connectivity index (χ3n) is 3.48. The first kappa shape index (κ1) is 15.9. The lowest BCUT2D eigenvalue weighted by molar-refractivity contribution is 0.316. The molecule has 2 aromatic heterocycles. The van der Waals surface area contributed by atoms with Crippen molar-refractivity contribution >= 4 is 11.3 Å². The van der Waals surface area contributed by atoms with Gasteiger partial charge in [0.2, 0.25) is 0 Å². The van der Waals surface area contributed by atoms with Crippen molar-refractivity contribution in [3.63, 3.8) is 0 Å². The number of nitrogens with zero attached hydrogens (tertiary/aromatic N) is 2. The second kappa shape index (κ2) is 7.52. The molecule has 0 radical (unpaired) electrons. The van der Waals surface area contributed by atoms with Crippen LogP contribution in [-0.2, 0) is 12.8 Å². The number of aryl methyl sites for hydroxylation is 2. The Kier molecular flexibility index (Phi) is 5.70. The highest BCUT2D eigenvalue weighted by Crippen LogP contribution is 2.20. The summed E-state index contributed by atoms with van der Waals surface area (Å²) < 4.78 is 5.93. The van der Waals surface area contributed by atoms with Crippen LogP contribution in [0, 0.1) is 13.8 Å². The molecule has 0 aliphatic rings. The lowest BCUT2D eigenvalue weighted by Crippen LogP contribution is -2.22. The number of hydrogen-bond acceptors (Lipinski definition) is 5. The van der Waals surface area contributed by atoms with E-state index in [0.717, 1.165) is 42.1 Å². The summed E-state index contributed by atoms with van der Waals surface area (Å²) in [5.74, 6) is 0.853. The van der Waals surface area contributed by atoms with Gasteiger partial charge in [0, 0.05) is 29.5 Å². The van der Waals surface area contributed by atoms with Gasteiger partial charge in [-0.3, -0.25) is 4.98 Å². The maximum Gasteiger partial charge on any atom is 0.140 e. The van der Waals surface area contributed by atoms with Crippen molar-refractivity contribution in [1.82, 2.24) is 9.97 Å². The fourth-order valence-corrected chi connectivity index (χ4v) is 2.85. The Labute approximate surface area is 130 Å². The zero-order valence-electron chi connectivity index (χ0n) is 12.9. The number of hydrogen-bond donors (Lipinski definition) is 1. The van der Waals surface area contributed by atoms with Gasteiger partial charge in [0.25, 0.3) is 0 Å². The van der Waals surface area contributed by atoms with E-state index in [9.17, 15) is 0 Å². The molecule has 0 fully saturated rings. The van der Waals surface area contributed by atoms with Crippen LogP contribution in [0.25, 0.3) is 0 Å². The molecule has 1 atom stereocenters. The van der Waals surface area contributed by atoms with Gasteiger partial charge < -0.3 is 10.5 Å². The van der Waals surface area contributed by atoms with E-state index in [1.807, 2.05) is 31.5 Å². The summed E-state index contributed by atoms with van der Waals surface area (Å²) in [6.07, 6.45) is 2.58. The summed E-state index contributed by atoms with van der Waals surface area (Å²) in [5.41, 5.74) is 11.0. The molecule has 2 N–H and O–H groups in total. The molecule has 2 heterocycles. The van der Waals surface area contributed by atoms with Crippen LogP contribution in [0.5, 0.6) is 5.75 Å². The number of aromatic nitrogens is 2. The third kappa shape index (κ3) is 4.51. The maximum absolute atomic E-state index is 6.05. The molecule has 0 bridgehead atoms. The van der Waals surface area contributed by atoms with Gasteiger partial charge in [-0.15, -0.1) is 11.3 Å². The molecule has 0 aliphatic carbocycles. The molecule has 114 valence electrons. The van der Waals surface area contributed by atoms with Crippen molar-refractivity contribution in [2.45, 2.75) is 46.1 Å². The van der Waals surface area contributed by atoms with Crippen molar-refractivity contribution in [3.05, 3.63) is 39.6 Å². The number of rotatable bonds is 7. The highest BCUT2D eigenvalue weighted by molar-refractivity contribution is 7.09. The average Bonchev–Trinajstić information content (AvgIpc) is 2.86. The Hall–Kier alpha value is -1.46. The average molecular weight is 305 g/mol. The van der Waals surface area contributed by atoms with E-state index in [1.54, 1.807) is 11.3 Å². The minimum atomic E-state index is 0.130. The Bertz CT molecular complexity index is 583. The Morgan fingerprint density at radius 2 is 2.14 bits per heavy atom. The van der Waals surface area contributed by atoms with E-state index in [-0.39, 0.29) is 6.04 Å². The van der Waals surface area contributed by atoms with Crippen LogP contribution >= 0.6 is 11.3 Å². The molecule has 0 aromatic carbocycles. The molecular weight excluding hydrogens is 282 g/mol. The van der Waals surface area contributed by atoms with Gasteiger partial charge in [-0.1, -0.05) is 6.92 Å². The first-order valence-electron chi connectivity index (χ1n) is 7.34. The first-order chi connectivity index (χ1) is 10.1. The van der Waals surface area contributed by atoms with Gasteiger partial charge in [0.15, 0.2) is 0 Å². The number of ether oxygens (including phenoxy) is 1. The van der Waals surface area contributed by atoms with E-state index in [2.05, 4.69) is 16.9 Å². The van der Waals surface area contributed by atoms with E-state index < -0.39 is 0 Å². The van der Waals surface area contributed by atoms with E-state index >= 15 is 0 Å². The summed E-state index contributed by atoms with van der Waals surface area (Å²) in [6.45, 7) is 6.76. The molecule has 0 saturated heterocycles. The van der Waals surface area contributed by atoms with Crippen molar-refractivity contribution in [1.29, 1.82) is 0 Å². The van der Waals surface area contributed by atoms with Gasteiger partial charge in [-0.05, 0) is 32.4 Å². The second-order valence-corrected chi connectivity index (χ2v) is 6.17. The Morgan fingerprint density at radius 1 is 1.33 bits per heavy atom. The van der Waals surface area contributed by atoms with E-state index in [4.69, 9.17) is 10.5 Å². The smallest absolute Gasteiger partial charge is 0.140 e. The van der Waals surface area contributed by atoms with Gasteiger partial charge in [0.05, 0.1) is 23.5 Å². The molecule has 0 spiro atoms. The van der Waals surface area contributed by atoms with Crippen LogP contribution in [0.2, 0.25) is 0 Å². The highest BCUT2D eigenvalue weighted by Gasteiger charge is 2.10. The van der Waals surface area contributed by atoms with Gasteiger partial charge in [0.1, 0.15) is 5.75 Å². The zero-order chi connectivity index (χ0) is 15.2. The zero-order valence-corrected chi connectivity index (χ0v) is 13.7. The Morgan fingerprint density at radius 3 is 2.81 bits per heavy atom. The third-order valence-corrected chi connectivity index (χ3v) is 4.48. The normalized spacial score (nSPS) is 12.4. The number of thiazole rings is 1. The van der Waals surface area contributed by atoms with Crippen molar-refractivity contribution in [2.75, 3.05) is 6.61 Å². The molecule has 0 amide bonds. The van der Waals surface area contributed by atoms with Crippen LogP contribution in [0.15, 0.2) is 17.6 Å². The summed E-state index contributed by atoms with van der Waals surface area (Å²) in [4.78, 5) is 10.1. The summed E-state index contributed by atoms with van der Waals surface area (Å²) in [5, 5.41) is 0. The van der Waals surface area contributed by atoms with Crippen molar-refractivity contribution < 1.29 is 4.74 Å². The number of pyridine rings is 1. The standard InChI is InChI=1S/C16H23N3OS/c1-4-13(17)9-14-15(6-5-11(2)19-14)20-8-7-16-12(3)18-10-21-16/h5-6,10,13H,4,7-9,17H2,1-3H3.